The molecule has 0 bridgehead atoms. The van der Waals surface area contributed by atoms with Gasteiger partial charge in [0.25, 0.3) is 0 Å². The first kappa shape index (κ1) is 24.4. The molecule has 32 heavy (non-hydrogen) atoms. The van der Waals surface area contributed by atoms with Crippen molar-refractivity contribution in [2.75, 3.05) is 25.3 Å². The van der Waals surface area contributed by atoms with Crippen LogP contribution in [-0.4, -0.2) is 40.6 Å². The number of rotatable bonds is 9. The monoisotopic (exact) mass is 494 g/mol. The van der Waals surface area contributed by atoms with Gasteiger partial charge in [0.15, 0.2) is 11.0 Å². The molecule has 2 heterocycles. The molecule has 0 saturated heterocycles. The standard InChI is InChI=1S/C22H27ClN4O3S2/c1-12(2)19-7-14(10-31-19)21-25-26-22(27(21)13(3)4)32-11-20(28)24-16-9-17(29-5)15(23)8-18(16)30-6/h7-10,12-13H,11H2,1-6H3,(H,24,28). The van der Waals surface area contributed by atoms with Crippen molar-refractivity contribution in [3.05, 3.63) is 33.5 Å². The van der Waals surface area contributed by atoms with E-state index >= 15 is 0 Å². The van der Waals surface area contributed by atoms with Gasteiger partial charge in [0.1, 0.15) is 11.5 Å². The van der Waals surface area contributed by atoms with Gasteiger partial charge in [0.05, 0.1) is 30.7 Å². The maximum atomic E-state index is 12.7. The molecule has 10 heteroatoms. The van der Waals surface area contributed by atoms with Crippen molar-refractivity contribution in [3.8, 4) is 22.9 Å². The Kier molecular flexibility index (Phi) is 8.08. The van der Waals surface area contributed by atoms with Gasteiger partial charge in [-0.2, -0.15) is 0 Å². The third kappa shape index (κ3) is 5.39. The zero-order valence-corrected chi connectivity index (χ0v) is 21.3. The van der Waals surface area contributed by atoms with Gasteiger partial charge >= 0.3 is 0 Å². The summed E-state index contributed by atoms with van der Waals surface area (Å²) in [5.74, 6) is 2.16. The summed E-state index contributed by atoms with van der Waals surface area (Å²) in [6, 6.07) is 5.56. The van der Waals surface area contributed by atoms with Gasteiger partial charge in [-0.25, -0.2) is 0 Å². The summed E-state index contributed by atoms with van der Waals surface area (Å²) in [5.41, 5.74) is 1.54. The van der Waals surface area contributed by atoms with Crippen molar-refractivity contribution >= 4 is 46.3 Å². The lowest BCUT2D eigenvalue weighted by Crippen LogP contribution is -2.15. The summed E-state index contributed by atoms with van der Waals surface area (Å²) >= 11 is 9.20. The van der Waals surface area contributed by atoms with E-state index in [0.717, 1.165) is 11.4 Å². The highest BCUT2D eigenvalue weighted by Gasteiger charge is 2.20. The Morgan fingerprint density at radius 3 is 2.47 bits per heavy atom. The molecule has 172 valence electrons. The second kappa shape index (κ2) is 10.6. The molecule has 0 aliphatic heterocycles. The number of thioether (sulfide) groups is 1. The van der Waals surface area contributed by atoms with Crippen molar-refractivity contribution in [3.63, 3.8) is 0 Å². The molecule has 1 amide bonds. The number of thiophene rings is 1. The number of carbonyl (C=O) groups is 1. The maximum Gasteiger partial charge on any atom is 0.234 e. The Hall–Kier alpha value is -2.23. The second-order valence-corrected chi connectivity index (χ2v) is 9.98. The summed E-state index contributed by atoms with van der Waals surface area (Å²) in [4.78, 5) is 14.0. The maximum absolute atomic E-state index is 12.7. The molecule has 0 radical (unpaired) electrons. The Bertz CT molecular complexity index is 1100. The molecule has 3 rings (SSSR count). The van der Waals surface area contributed by atoms with Crippen LogP contribution in [0.1, 0.15) is 44.5 Å². The molecule has 7 nitrogen and oxygen atoms in total. The van der Waals surface area contributed by atoms with Crippen molar-refractivity contribution in [2.24, 2.45) is 0 Å². The predicted octanol–water partition coefficient (Wildman–Crippen LogP) is 6.11. The largest absolute Gasteiger partial charge is 0.495 e. The zero-order valence-electron chi connectivity index (χ0n) is 18.9. The molecule has 0 unspecified atom stereocenters. The minimum Gasteiger partial charge on any atom is -0.495 e. The molecule has 0 atom stereocenters. The van der Waals surface area contributed by atoms with Gasteiger partial charge in [0.2, 0.25) is 5.91 Å². The van der Waals surface area contributed by atoms with Crippen LogP contribution in [0.15, 0.2) is 28.7 Å². The second-order valence-electron chi connectivity index (χ2n) is 7.69. The van der Waals surface area contributed by atoms with Gasteiger partial charge < -0.3 is 14.8 Å². The first-order valence-electron chi connectivity index (χ1n) is 10.1. The van der Waals surface area contributed by atoms with E-state index < -0.39 is 0 Å². The number of hydrogen-bond acceptors (Lipinski definition) is 7. The van der Waals surface area contributed by atoms with Crippen LogP contribution >= 0.6 is 34.7 Å². The number of halogens is 1. The van der Waals surface area contributed by atoms with E-state index in [-0.39, 0.29) is 17.7 Å². The average molecular weight is 495 g/mol. The lowest BCUT2D eigenvalue weighted by Gasteiger charge is -2.14. The number of ether oxygens (including phenoxy) is 2. The third-order valence-corrected chi connectivity index (χ3v) is 7.18. The topological polar surface area (TPSA) is 78.3 Å². The fourth-order valence-corrected chi connectivity index (χ4v) is 5.09. The summed E-state index contributed by atoms with van der Waals surface area (Å²) in [7, 11) is 3.04. The molecule has 0 saturated carbocycles. The van der Waals surface area contributed by atoms with Crippen LogP contribution in [0.3, 0.4) is 0 Å². The molecule has 0 fully saturated rings. The van der Waals surface area contributed by atoms with Crippen LogP contribution in [-0.2, 0) is 4.79 Å². The molecule has 0 spiro atoms. The average Bonchev–Trinajstić information content (AvgIpc) is 3.40. The Labute approximate surface area is 201 Å². The number of benzene rings is 1. The first-order valence-corrected chi connectivity index (χ1v) is 12.4. The van der Waals surface area contributed by atoms with Crippen LogP contribution in [0, 0.1) is 0 Å². The van der Waals surface area contributed by atoms with Crippen molar-refractivity contribution in [1.82, 2.24) is 14.8 Å². The quantitative estimate of drug-likeness (QED) is 0.361. The molecular weight excluding hydrogens is 468 g/mol. The van der Waals surface area contributed by atoms with E-state index in [2.05, 4.69) is 59.2 Å². The fraction of sp³-hybridized carbons (Fsp3) is 0.409. The lowest BCUT2D eigenvalue weighted by molar-refractivity contribution is -0.113. The third-order valence-electron chi connectivity index (χ3n) is 4.71. The van der Waals surface area contributed by atoms with Gasteiger partial charge in [-0.15, -0.1) is 21.5 Å². The normalized spacial score (nSPS) is 11.3. The van der Waals surface area contributed by atoms with E-state index in [1.807, 2.05) is 0 Å². The Morgan fingerprint density at radius 2 is 1.88 bits per heavy atom. The van der Waals surface area contributed by atoms with Crippen LogP contribution in [0.5, 0.6) is 11.5 Å². The number of hydrogen-bond donors (Lipinski definition) is 1. The van der Waals surface area contributed by atoms with Gasteiger partial charge in [-0.05, 0) is 25.8 Å². The van der Waals surface area contributed by atoms with Gasteiger partial charge in [-0.3, -0.25) is 9.36 Å². The highest BCUT2D eigenvalue weighted by atomic mass is 35.5. The van der Waals surface area contributed by atoms with Crippen molar-refractivity contribution < 1.29 is 14.3 Å². The van der Waals surface area contributed by atoms with Crippen molar-refractivity contribution in [2.45, 2.75) is 44.8 Å². The molecule has 2 aromatic heterocycles. The number of methoxy groups -OCH3 is 2. The summed E-state index contributed by atoms with van der Waals surface area (Å²) in [5, 5.41) is 14.8. The number of anilines is 1. The lowest BCUT2D eigenvalue weighted by atomic mass is 10.1. The predicted molar refractivity (Wildman–Crippen MR) is 132 cm³/mol. The minimum atomic E-state index is -0.199. The number of nitrogens with zero attached hydrogens (tertiary/aromatic N) is 3. The number of nitrogens with one attached hydrogen (secondary N) is 1. The number of amides is 1. The van der Waals surface area contributed by atoms with E-state index in [1.165, 1.54) is 30.9 Å². The Balaban J connectivity index is 1.76. The summed E-state index contributed by atoms with van der Waals surface area (Å²) < 4.78 is 12.6. The van der Waals surface area contributed by atoms with Gasteiger partial charge in [-0.1, -0.05) is 37.2 Å². The van der Waals surface area contributed by atoms with E-state index in [4.69, 9.17) is 21.1 Å². The highest BCUT2D eigenvalue weighted by Crippen LogP contribution is 2.36. The van der Waals surface area contributed by atoms with Crippen molar-refractivity contribution in [1.29, 1.82) is 0 Å². The van der Waals surface area contributed by atoms with Gasteiger partial charge in [0, 0.05) is 34.0 Å². The molecule has 3 aromatic rings. The molecule has 0 aliphatic carbocycles. The van der Waals surface area contributed by atoms with E-state index in [1.54, 1.807) is 23.5 Å². The summed E-state index contributed by atoms with van der Waals surface area (Å²) in [6.07, 6.45) is 0. The number of carbonyl (C=O) groups excluding carboxylic acids is 1. The fourth-order valence-electron chi connectivity index (χ4n) is 3.09. The molecule has 1 aromatic carbocycles. The van der Waals surface area contributed by atoms with Crippen LogP contribution in [0.2, 0.25) is 5.02 Å². The molecule has 1 N–H and O–H groups in total. The van der Waals surface area contributed by atoms with E-state index in [0.29, 0.717) is 33.3 Å². The molecular formula is C22H27ClN4O3S2. The first-order chi connectivity index (χ1) is 15.2. The highest BCUT2D eigenvalue weighted by molar-refractivity contribution is 7.99. The zero-order chi connectivity index (χ0) is 23.4. The summed E-state index contributed by atoms with van der Waals surface area (Å²) in [6.45, 7) is 8.51. The van der Waals surface area contributed by atoms with Crippen LogP contribution in [0.4, 0.5) is 5.69 Å². The number of aromatic nitrogens is 3. The minimum absolute atomic E-state index is 0.147. The van der Waals surface area contributed by atoms with E-state index in [9.17, 15) is 4.79 Å². The van der Waals surface area contributed by atoms with Crippen LogP contribution < -0.4 is 14.8 Å². The molecule has 0 aliphatic rings. The Morgan fingerprint density at radius 1 is 1.16 bits per heavy atom. The SMILES string of the molecule is COc1cc(NC(=O)CSc2nnc(-c3csc(C(C)C)c3)n2C(C)C)c(OC)cc1Cl. The van der Waals surface area contributed by atoms with Crippen LogP contribution in [0.25, 0.3) is 11.4 Å². The smallest absolute Gasteiger partial charge is 0.234 e.